The molecule has 0 aromatic heterocycles. The topological polar surface area (TPSA) is 72.5 Å². The van der Waals surface area contributed by atoms with Crippen molar-refractivity contribution in [1.82, 2.24) is 5.32 Å². The van der Waals surface area contributed by atoms with Crippen molar-refractivity contribution in [3.05, 3.63) is 71.0 Å². The standard InChI is InChI=1S/C19H20FNO4S/c1-2-26(23,24)25-19(11-10-15-8-9-16(20)12-17(15)19)18(22)21-13-14-6-4-3-5-7-14/h3-9,12H,2,10-11,13H2,1H3,(H,21,22). The monoisotopic (exact) mass is 377 g/mol. The minimum absolute atomic E-state index is 0.144. The van der Waals surface area contributed by atoms with Crippen molar-refractivity contribution in [3.63, 3.8) is 0 Å². The second-order valence-corrected chi connectivity index (χ2v) is 8.09. The predicted octanol–water partition coefficient (Wildman–Crippen LogP) is 2.65. The Morgan fingerprint density at radius 1 is 1.23 bits per heavy atom. The number of rotatable bonds is 6. The first-order valence-electron chi connectivity index (χ1n) is 8.41. The summed E-state index contributed by atoms with van der Waals surface area (Å²) in [4.78, 5) is 13.0. The Balaban J connectivity index is 1.95. The van der Waals surface area contributed by atoms with Gasteiger partial charge in [0, 0.05) is 12.1 Å². The fourth-order valence-electron chi connectivity index (χ4n) is 3.14. The van der Waals surface area contributed by atoms with Gasteiger partial charge in [-0.2, -0.15) is 8.42 Å². The maximum atomic E-state index is 13.8. The van der Waals surface area contributed by atoms with Crippen molar-refractivity contribution in [2.45, 2.75) is 31.9 Å². The van der Waals surface area contributed by atoms with E-state index >= 15 is 0 Å². The molecular formula is C19H20FNO4S. The lowest BCUT2D eigenvalue weighted by Crippen LogP contribution is -2.46. The Morgan fingerprint density at radius 2 is 1.96 bits per heavy atom. The number of carbonyl (C=O) groups is 1. The van der Waals surface area contributed by atoms with E-state index in [1.165, 1.54) is 19.1 Å². The van der Waals surface area contributed by atoms with E-state index in [2.05, 4.69) is 5.32 Å². The van der Waals surface area contributed by atoms with Crippen LogP contribution in [0.25, 0.3) is 0 Å². The number of aryl methyl sites for hydroxylation is 1. The summed E-state index contributed by atoms with van der Waals surface area (Å²) in [6.45, 7) is 1.66. The molecule has 1 aliphatic carbocycles. The first kappa shape index (κ1) is 18.5. The quantitative estimate of drug-likeness (QED) is 0.786. The molecule has 0 saturated carbocycles. The van der Waals surface area contributed by atoms with E-state index in [9.17, 15) is 17.6 Å². The number of benzene rings is 2. The van der Waals surface area contributed by atoms with Crippen LogP contribution in [0.1, 0.15) is 30.0 Å². The molecule has 1 unspecified atom stereocenters. The summed E-state index contributed by atoms with van der Waals surface area (Å²) in [5.74, 6) is -1.39. The maximum absolute atomic E-state index is 13.8. The second kappa shape index (κ2) is 7.17. The van der Waals surface area contributed by atoms with Crippen LogP contribution in [-0.2, 0) is 37.7 Å². The minimum atomic E-state index is -3.93. The summed E-state index contributed by atoms with van der Waals surface area (Å²) in [5.41, 5.74) is 0.126. The molecule has 0 spiro atoms. The third-order valence-electron chi connectivity index (χ3n) is 4.54. The van der Waals surface area contributed by atoms with Gasteiger partial charge in [0.05, 0.1) is 5.75 Å². The zero-order chi connectivity index (χ0) is 18.8. The number of nitrogens with one attached hydrogen (secondary N) is 1. The minimum Gasteiger partial charge on any atom is -0.349 e. The van der Waals surface area contributed by atoms with Gasteiger partial charge in [-0.3, -0.25) is 4.79 Å². The number of hydrogen-bond acceptors (Lipinski definition) is 4. The molecule has 0 heterocycles. The molecule has 0 saturated heterocycles. The van der Waals surface area contributed by atoms with Crippen LogP contribution in [0.15, 0.2) is 48.5 Å². The van der Waals surface area contributed by atoms with Gasteiger partial charge in [-0.05, 0) is 43.0 Å². The van der Waals surface area contributed by atoms with Crippen LogP contribution in [0, 0.1) is 5.82 Å². The van der Waals surface area contributed by atoms with E-state index in [4.69, 9.17) is 4.18 Å². The molecule has 3 rings (SSSR count). The lowest BCUT2D eigenvalue weighted by atomic mass is 9.94. The smallest absolute Gasteiger partial charge is 0.268 e. The van der Waals surface area contributed by atoms with Gasteiger partial charge in [-0.15, -0.1) is 0 Å². The molecule has 0 aliphatic heterocycles. The van der Waals surface area contributed by atoms with Gasteiger partial charge in [-0.1, -0.05) is 36.4 Å². The molecule has 0 radical (unpaired) electrons. The van der Waals surface area contributed by atoms with Crippen molar-refractivity contribution in [2.24, 2.45) is 0 Å². The molecule has 26 heavy (non-hydrogen) atoms. The molecule has 0 bridgehead atoms. The van der Waals surface area contributed by atoms with Crippen molar-refractivity contribution >= 4 is 16.0 Å². The third kappa shape index (κ3) is 3.64. The zero-order valence-corrected chi connectivity index (χ0v) is 15.2. The van der Waals surface area contributed by atoms with Crippen LogP contribution in [0.3, 0.4) is 0 Å². The molecule has 1 amide bonds. The van der Waals surface area contributed by atoms with Gasteiger partial charge in [0.15, 0.2) is 5.60 Å². The summed E-state index contributed by atoms with van der Waals surface area (Å²) in [6.07, 6.45) is 0.583. The average Bonchev–Trinajstić information content (AvgIpc) is 2.99. The van der Waals surface area contributed by atoms with Crippen LogP contribution >= 0.6 is 0 Å². The molecule has 5 nitrogen and oxygen atoms in total. The number of carbonyl (C=O) groups excluding carboxylic acids is 1. The van der Waals surface area contributed by atoms with E-state index in [0.29, 0.717) is 12.0 Å². The Bertz CT molecular complexity index is 914. The Kier molecular flexibility index (Phi) is 5.11. The lowest BCUT2D eigenvalue weighted by Gasteiger charge is -2.28. The second-order valence-electron chi connectivity index (χ2n) is 6.23. The summed E-state index contributed by atoms with van der Waals surface area (Å²) in [5, 5.41) is 2.74. The fraction of sp³-hybridized carbons (Fsp3) is 0.316. The lowest BCUT2D eigenvalue weighted by molar-refractivity contribution is -0.137. The summed E-state index contributed by atoms with van der Waals surface area (Å²) in [6, 6.07) is 13.3. The van der Waals surface area contributed by atoms with Gasteiger partial charge in [0.25, 0.3) is 16.0 Å². The third-order valence-corrected chi connectivity index (χ3v) is 5.78. The van der Waals surface area contributed by atoms with Crippen LogP contribution in [-0.4, -0.2) is 20.1 Å². The van der Waals surface area contributed by atoms with Crippen molar-refractivity contribution in [2.75, 3.05) is 5.75 Å². The number of amides is 1. The van der Waals surface area contributed by atoms with Crippen molar-refractivity contribution in [3.8, 4) is 0 Å². The molecular weight excluding hydrogens is 357 g/mol. The van der Waals surface area contributed by atoms with Gasteiger partial charge >= 0.3 is 0 Å². The molecule has 0 fully saturated rings. The zero-order valence-electron chi connectivity index (χ0n) is 14.4. The van der Waals surface area contributed by atoms with Gasteiger partial charge in [-0.25, -0.2) is 8.57 Å². The van der Waals surface area contributed by atoms with Gasteiger partial charge in [0.1, 0.15) is 5.82 Å². The molecule has 2 aromatic carbocycles. The molecule has 7 heteroatoms. The summed E-state index contributed by atoms with van der Waals surface area (Å²) < 4.78 is 43.4. The van der Waals surface area contributed by atoms with Crippen LogP contribution in [0.5, 0.6) is 0 Å². The maximum Gasteiger partial charge on any atom is 0.268 e. The normalized spacial score (nSPS) is 19.2. The van der Waals surface area contributed by atoms with E-state index in [1.54, 1.807) is 6.07 Å². The molecule has 1 N–H and O–H groups in total. The van der Waals surface area contributed by atoms with Crippen LogP contribution in [0.4, 0.5) is 4.39 Å². The predicted molar refractivity (Wildman–Crippen MR) is 95.2 cm³/mol. The highest BCUT2D eigenvalue weighted by Crippen LogP contribution is 2.42. The molecule has 138 valence electrons. The Morgan fingerprint density at radius 3 is 2.65 bits per heavy atom. The molecule has 1 aliphatic rings. The number of halogens is 1. The van der Waals surface area contributed by atoms with Crippen molar-refractivity contribution in [1.29, 1.82) is 0 Å². The number of fused-ring (bicyclic) bond motifs is 1. The first-order chi connectivity index (χ1) is 12.4. The van der Waals surface area contributed by atoms with Crippen LogP contribution in [0.2, 0.25) is 0 Å². The summed E-state index contributed by atoms with van der Waals surface area (Å²) in [7, 11) is -3.93. The Hall–Kier alpha value is -2.25. The summed E-state index contributed by atoms with van der Waals surface area (Å²) >= 11 is 0. The highest BCUT2D eigenvalue weighted by Gasteiger charge is 2.49. The van der Waals surface area contributed by atoms with Gasteiger partial charge in [0.2, 0.25) is 0 Å². The van der Waals surface area contributed by atoms with Gasteiger partial charge < -0.3 is 5.32 Å². The average molecular weight is 377 g/mol. The molecule has 1 atom stereocenters. The van der Waals surface area contributed by atoms with Crippen molar-refractivity contribution < 1.29 is 21.8 Å². The van der Waals surface area contributed by atoms with Crippen LogP contribution < -0.4 is 5.32 Å². The number of hydrogen-bond donors (Lipinski definition) is 1. The highest BCUT2D eigenvalue weighted by molar-refractivity contribution is 7.86. The Labute approximate surface area is 152 Å². The first-order valence-corrected chi connectivity index (χ1v) is 9.98. The van der Waals surface area contributed by atoms with E-state index in [-0.39, 0.29) is 24.3 Å². The fourth-order valence-corrected chi connectivity index (χ4v) is 3.95. The van der Waals surface area contributed by atoms with E-state index < -0.39 is 27.4 Å². The molecule has 2 aromatic rings. The SMILES string of the molecule is CCS(=O)(=O)OC1(C(=O)NCc2ccccc2)CCc2ccc(F)cc21. The van der Waals surface area contributed by atoms with E-state index in [1.807, 2.05) is 30.3 Å². The highest BCUT2D eigenvalue weighted by atomic mass is 32.2. The largest absolute Gasteiger partial charge is 0.349 e. The van der Waals surface area contributed by atoms with E-state index in [0.717, 1.165) is 5.56 Å².